The number of anilines is 2. The van der Waals surface area contributed by atoms with E-state index in [0.29, 0.717) is 10.7 Å². The molecule has 0 saturated carbocycles. The standard InChI is InChI=1S/C19H21IN4OS/c1-23-10-12-24(13-11-23)17-8-6-16(7-9-17)21-19(26)22-18(25)14-2-4-15(20)5-3-14/h2-9H,10-13H2,1H3,(H2,21,22,25,26). The summed E-state index contributed by atoms with van der Waals surface area (Å²) < 4.78 is 1.08. The third-order valence-electron chi connectivity index (χ3n) is 4.33. The molecule has 0 aromatic heterocycles. The molecule has 2 aromatic rings. The van der Waals surface area contributed by atoms with Crippen molar-refractivity contribution in [2.24, 2.45) is 0 Å². The molecular weight excluding hydrogens is 459 g/mol. The summed E-state index contributed by atoms with van der Waals surface area (Å²) in [7, 11) is 2.15. The van der Waals surface area contributed by atoms with E-state index in [4.69, 9.17) is 12.2 Å². The SMILES string of the molecule is CN1CCN(c2ccc(NC(=S)NC(=O)c3ccc(I)cc3)cc2)CC1. The Bertz CT molecular complexity index is 771. The number of amides is 1. The summed E-state index contributed by atoms with van der Waals surface area (Å²) in [4.78, 5) is 16.9. The molecule has 1 amide bonds. The van der Waals surface area contributed by atoms with Crippen LogP contribution in [0.4, 0.5) is 11.4 Å². The number of hydrogen-bond acceptors (Lipinski definition) is 4. The van der Waals surface area contributed by atoms with Gasteiger partial charge in [-0.1, -0.05) is 0 Å². The van der Waals surface area contributed by atoms with Crippen LogP contribution in [0.3, 0.4) is 0 Å². The average molecular weight is 480 g/mol. The van der Waals surface area contributed by atoms with E-state index in [-0.39, 0.29) is 5.91 Å². The van der Waals surface area contributed by atoms with E-state index in [2.05, 4.69) is 62.2 Å². The summed E-state index contributed by atoms with van der Waals surface area (Å²) in [6.07, 6.45) is 0. The van der Waals surface area contributed by atoms with E-state index >= 15 is 0 Å². The van der Waals surface area contributed by atoms with Crippen molar-refractivity contribution >= 4 is 57.2 Å². The van der Waals surface area contributed by atoms with Crippen LogP contribution in [0.5, 0.6) is 0 Å². The van der Waals surface area contributed by atoms with Crippen molar-refractivity contribution in [3.05, 3.63) is 57.7 Å². The number of nitrogens with one attached hydrogen (secondary N) is 2. The first-order chi connectivity index (χ1) is 12.5. The molecule has 2 N–H and O–H groups in total. The van der Waals surface area contributed by atoms with Gasteiger partial charge in [0.15, 0.2) is 5.11 Å². The number of halogens is 1. The summed E-state index contributed by atoms with van der Waals surface area (Å²) >= 11 is 7.45. The van der Waals surface area contributed by atoms with Crippen LogP contribution < -0.4 is 15.5 Å². The van der Waals surface area contributed by atoms with Crippen LogP contribution in [-0.4, -0.2) is 49.1 Å². The quantitative estimate of drug-likeness (QED) is 0.522. The molecule has 0 bridgehead atoms. The van der Waals surface area contributed by atoms with E-state index in [1.165, 1.54) is 5.69 Å². The van der Waals surface area contributed by atoms with Crippen LogP contribution in [0, 0.1) is 3.57 Å². The highest BCUT2D eigenvalue weighted by Crippen LogP contribution is 2.19. The maximum absolute atomic E-state index is 12.2. The van der Waals surface area contributed by atoms with Gasteiger partial charge < -0.3 is 15.1 Å². The van der Waals surface area contributed by atoms with Crippen LogP contribution in [-0.2, 0) is 0 Å². The van der Waals surface area contributed by atoms with E-state index in [0.717, 1.165) is 35.4 Å². The predicted molar refractivity (Wildman–Crippen MR) is 119 cm³/mol. The average Bonchev–Trinajstić information content (AvgIpc) is 2.63. The lowest BCUT2D eigenvalue weighted by atomic mass is 10.2. The van der Waals surface area contributed by atoms with Crippen LogP contribution in [0.1, 0.15) is 10.4 Å². The van der Waals surface area contributed by atoms with E-state index in [9.17, 15) is 4.79 Å². The molecule has 0 atom stereocenters. The van der Waals surface area contributed by atoms with Gasteiger partial charge in [-0.25, -0.2) is 0 Å². The Hall–Kier alpha value is -1.71. The summed E-state index contributed by atoms with van der Waals surface area (Å²) in [5, 5.41) is 6.06. The summed E-state index contributed by atoms with van der Waals surface area (Å²) in [6.45, 7) is 4.23. The van der Waals surface area contributed by atoms with Gasteiger partial charge in [-0.2, -0.15) is 0 Å². The molecule has 136 valence electrons. The number of nitrogens with zero attached hydrogens (tertiary/aromatic N) is 2. The second-order valence-corrected chi connectivity index (χ2v) is 7.91. The second-order valence-electron chi connectivity index (χ2n) is 6.25. The molecule has 1 saturated heterocycles. The predicted octanol–water partition coefficient (Wildman–Crippen LogP) is 3.17. The van der Waals surface area contributed by atoms with Crippen LogP contribution in [0.2, 0.25) is 0 Å². The van der Waals surface area contributed by atoms with Gasteiger partial charge >= 0.3 is 0 Å². The van der Waals surface area contributed by atoms with E-state index in [1.807, 2.05) is 24.3 Å². The Kier molecular flexibility index (Phi) is 6.44. The molecule has 0 unspecified atom stereocenters. The van der Waals surface area contributed by atoms with Crippen molar-refractivity contribution in [1.82, 2.24) is 10.2 Å². The first-order valence-electron chi connectivity index (χ1n) is 8.43. The number of rotatable bonds is 3. The molecule has 0 radical (unpaired) electrons. The van der Waals surface area contributed by atoms with Gasteiger partial charge in [0.05, 0.1) is 0 Å². The monoisotopic (exact) mass is 480 g/mol. The molecule has 0 aliphatic carbocycles. The smallest absolute Gasteiger partial charge is 0.257 e. The zero-order valence-electron chi connectivity index (χ0n) is 14.5. The number of likely N-dealkylation sites (N-methyl/N-ethyl adjacent to an activating group) is 1. The van der Waals surface area contributed by atoms with Crippen molar-refractivity contribution in [2.75, 3.05) is 43.4 Å². The molecule has 1 aliphatic heterocycles. The Labute approximate surface area is 172 Å². The third-order valence-corrected chi connectivity index (χ3v) is 5.25. The summed E-state index contributed by atoms with van der Waals surface area (Å²) in [5.41, 5.74) is 2.65. The molecule has 0 spiro atoms. The maximum Gasteiger partial charge on any atom is 0.257 e. The zero-order chi connectivity index (χ0) is 18.5. The van der Waals surface area contributed by atoms with Crippen molar-refractivity contribution in [3.8, 4) is 0 Å². The highest BCUT2D eigenvalue weighted by Gasteiger charge is 2.14. The highest BCUT2D eigenvalue weighted by molar-refractivity contribution is 14.1. The van der Waals surface area contributed by atoms with Gasteiger partial charge in [0.1, 0.15) is 0 Å². The molecule has 7 heteroatoms. The number of carbonyl (C=O) groups is 1. The lowest BCUT2D eigenvalue weighted by Crippen LogP contribution is -2.44. The minimum Gasteiger partial charge on any atom is -0.369 e. The van der Waals surface area contributed by atoms with Crippen LogP contribution >= 0.6 is 34.8 Å². The maximum atomic E-state index is 12.2. The van der Waals surface area contributed by atoms with Gasteiger partial charge in [-0.3, -0.25) is 10.1 Å². The fourth-order valence-corrected chi connectivity index (χ4v) is 3.33. The molecular formula is C19H21IN4OS. The van der Waals surface area contributed by atoms with E-state index < -0.39 is 0 Å². The number of thiocarbonyl (C=S) groups is 1. The lowest BCUT2D eigenvalue weighted by Gasteiger charge is -2.34. The lowest BCUT2D eigenvalue weighted by molar-refractivity contribution is 0.0977. The Morgan fingerprint density at radius 3 is 2.23 bits per heavy atom. The first kappa shape index (κ1) is 19.1. The minimum absolute atomic E-state index is 0.215. The number of carbonyl (C=O) groups excluding carboxylic acids is 1. The van der Waals surface area contributed by atoms with Crippen molar-refractivity contribution in [1.29, 1.82) is 0 Å². The summed E-state index contributed by atoms with van der Waals surface area (Å²) in [6, 6.07) is 15.5. The zero-order valence-corrected chi connectivity index (χ0v) is 17.5. The highest BCUT2D eigenvalue weighted by atomic mass is 127. The van der Waals surface area contributed by atoms with Gasteiger partial charge in [0, 0.05) is 46.7 Å². The number of benzene rings is 2. The number of hydrogen-bond donors (Lipinski definition) is 2. The first-order valence-corrected chi connectivity index (χ1v) is 9.91. The van der Waals surface area contributed by atoms with Crippen LogP contribution in [0.25, 0.3) is 0 Å². The van der Waals surface area contributed by atoms with E-state index in [1.54, 1.807) is 12.1 Å². The largest absolute Gasteiger partial charge is 0.369 e. The molecule has 26 heavy (non-hydrogen) atoms. The Morgan fingerprint density at radius 2 is 1.62 bits per heavy atom. The molecule has 5 nitrogen and oxygen atoms in total. The van der Waals surface area contributed by atoms with Gasteiger partial charge in [-0.15, -0.1) is 0 Å². The molecule has 1 fully saturated rings. The Morgan fingerprint density at radius 1 is 1.00 bits per heavy atom. The van der Waals surface area contributed by atoms with Crippen LogP contribution in [0.15, 0.2) is 48.5 Å². The minimum atomic E-state index is -0.215. The molecule has 3 rings (SSSR count). The molecule has 2 aromatic carbocycles. The fraction of sp³-hybridized carbons (Fsp3) is 0.263. The molecule has 1 heterocycles. The fourth-order valence-electron chi connectivity index (χ4n) is 2.76. The van der Waals surface area contributed by atoms with Crippen molar-refractivity contribution in [2.45, 2.75) is 0 Å². The van der Waals surface area contributed by atoms with Gasteiger partial charge in [-0.05, 0) is 90.4 Å². The second kappa shape index (κ2) is 8.79. The molecule has 1 aliphatic rings. The summed E-state index contributed by atoms with van der Waals surface area (Å²) in [5.74, 6) is -0.215. The number of piperazine rings is 1. The van der Waals surface area contributed by atoms with Gasteiger partial charge in [0.2, 0.25) is 0 Å². The van der Waals surface area contributed by atoms with Crippen molar-refractivity contribution < 1.29 is 4.79 Å². The topological polar surface area (TPSA) is 47.6 Å². The van der Waals surface area contributed by atoms with Crippen molar-refractivity contribution in [3.63, 3.8) is 0 Å². The third kappa shape index (κ3) is 5.15. The normalized spacial score (nSPS) is 14.8. The van der Waals surface area contributed by atoms with Gasteiger partial charge in [0.25, 0.3) is 5.91 Å². The Balaban J connectivity index is 1.54.